The van der Waals surface area contributed by atoms with E-state index in [1.165, 1.54) is 5.57 Å². The van der Waals surface area contributed by atoms with Crippen LogP contribution in [0.4, 0.5) is 0 Å². The summed E-state index contributed by atoms with van der Waals surface area (Å²) in [6.45, 7) is 8.47. The van der Waals surface area contributed by atoms with Crippen molar-refractivity contribution < 1.29 is 23.9 Å². The molecular formula is C37H44O5. The number of hydrogen-bond acceptors (Lipinski definition) is 5. The van der Waals surface area contributed by atoms with Gasteiger partial charge in [0.1, 0.15) is 18.0 Å². The number of ether oxygens (including phenoxy) is 2. The monoisotopic (exact) mass is 568 g/mol. The first kappa shape index (κ1) is 28.9. The molecule has 2 aromatic carbocycles. The molecule has 0 radical (unpaired) electrons. The second-order valence-electron chi connectivity index (χ2n) is 13.9. The van der Waals surface area contributed by atoms with Gasteiger partial charge in [0, 0.05) is 17.8 Å². The number of allylic oxidation sites excluding steroid dienone is 2. The number of rotatable bonds is 5. The van der Waals surface area contributed by atoms with E-state index >= 15 is 0 Å². The Morgan fingerprint density at radius 2 is 1.43 bits per heavy atom. The lowest BCUT2D eigenvalue weighted by molar-refractivity contribution is -0.202. The van der Waals surface area contributed by atoms with Crippen LogP contribution in [-0.2, 0) is 14.3 Å². The van der Waals surface area contributed by atoms with Gasteiger partial charge < -0.3 is 9.47 Å². The van der Waals surface area contributed by atoms with Crippen LogP contribution in [-0.4, -0.2) is 29.9 Å². The SMILES string of the molecule is CC=C1CCC2(C)C(C1)CC(OC(=O)c1ccccc1)C1C3CCC(C(C)=O)C3(C)CC(OC(=O)c3ccccc3)C12. The van der Waals surface area contributed by atoms with Crippen molar-refractivity contribution >= 4 is 17.7 Å². The number of ketones is 1. The van der Waals surface area contributed by atoms with Crippen LogP contribution in [0, 0.1) is 40.4 Å². The van der Waals surface area contributed by atoms with Crippen molar-refractivity contribution in [3.63, 3.8) is 0 Å². The summed E-state index contributed by atoms with van der Waals surface area (Å²) >= 11 is 0. The minimum Gasteiger partial charge on any atom is -0.458 e. The van der Waals surface area contributed by atoms with Crippen molar-refractivity contribution in [1.82, 2.24) is 0 Å². The molecule has 5 nitrogen and oxygen atoms in total. The Hall–Kier alpha value is -3.21. The Morgan fingerprint density at radius 3 is 2.00 bits per heavy atom. The lowest BCUT2D eigenvalue weighted by Gasteiger charge is -2.63. The van der Waals surface area contributed by atoms with Crippen LogP contribution in [0.5, 0.6) is 0 Å². The Kier molecular flexibility index (Phi) is 7.66. The fourth-order valence-electron chi connectivity index (χ4n) is 9.85. The van der Waals surface area contributed by atoms with E-state index in [9.17, 15) is 14.4 Å². The summed E-state index contributed by atoms with van der Waals surface area (Å²) in [6, 6.07) is 18.5. The summed E-state index contributed by atoms with van der Waals surface area (Å²) in [6.07, 6.45) is 7.86. The number of Topliss-reactive ketones (excluding diaryl/α,β-unsaturated/α-hetero) is 1. The van der Waals surface area contributed by atoms with Crippen LogP contribution in [0.2, 0.25) is 0 Å². The topological polar surface area (TPSA) is 69.7 Å². The Labute approximate surface area is 250 Å². The van der Waals surface area contributed by atoms with Crippen molar-refractivity contribution in [3.8, 4) is 0 Å². The molecule has 0 aliphatic heterocycles. The normalized spacial score (nSPS) is 38.1. The molecule has 6 rings (SSSR count). The van der Waals surface area contributed by atoms with Gasteiger partial charge in [0.2, 0.25) is 0 Å². The highest BCUT2D eigenvalue weighted by Crippen LogP contribution is 2.68. The summed E-state index contributed by atoms with van der Waals surface area (Å²) in [5.74, 6) is 0.112. The predicted octanol–water partition coefficient (Wildman–Crippen LogP) is 7.85. The van der Waals surface area contributed by atoms with E-state index < -0.39 is 0 Å². The number of carbonyl (C=O) groups is 3. The highest BCUT2D eigenvalue weighted by Gasteiger charge is 2.67. The van der Waals surface area contributed by atoms with Gasteiger partial charge in [-0.05, 0) is 106 Å². The Morgan fingerprint density at radius 1 is 0.833 bits per heavy atom. The molecule has 0 N–H and O–H groups in total. The summed E-state index contributed by atoms with van der Waals surface area (Å²) in [5, 5.41) is 0. The lowest BCUT2D eigenvalue weighted by Crippen LogP contribution is -2.63. The van der Waals surface area contributed by atoms with Gasteiger partial charge in [-0.15, -0.1) is 0 Å². The van der Waals surface area contributed by atoms with Crippen LogP contribution in [0.15, 0.2) is 72.3 Å². The molecule has 0 spiro atoms. The van der Waals surface area contributed by atoms with E-state index in [2.05, 4.69) is 26.8 Å². The predicted molar refractivity (Wildman–Crippen MR) is 162 cm³/mol. The number of hydrogen-bond donors (Lipinski definition) is 0. The molecule has 42 heavy (non-hydrogen) atoms. The van der Waals surface area contributed by atoms with Gasteiger partial charge in [-0.3, -0.25) is 4.79 Å². The highest BCUT2D eigenvalue weighted by molar-refractivity contribution is 5.90. The van der Waals surface area contributed by atoms with E-state index in [0.717, 1.165) is 38.5 Å². The standard InChI is InChI=1S/C37H44O5/c1-5-24-18-19-36(3)27(20-24)21-30(41-34(39)25-12-8-6-9-13-25)32-29-17-16-28(23(2)38)37(29,4)22-31(33(32)36)42-35(40)26-14-10-7-11-15-26/h5-15,27-33H,16-22H2,1-4H3. The van der Waals surface area contributed by atoms with Gasteiger partial charge in [-0.25, -0.2) is 9.59 Å². The maximum atomic E-state index is 13.6. The first-order valence-corrected chi connectivity index (χ1v) is 15.8. The zero-order valence-corrected chi connectivity index (χ0v) is 25.4. The third kappa shape index (κ3) is 4.83. The molecule has 9 unspecified atom stereocenters. The third-order valence-electron chi connectivity index (χ3n) is 11.9. The van der Waals surface area contributed by atoms with E-state index in [1.54, 1.807) is 19.1 Å². The zero-order chi connectivity index (χ0) is 29.6. The summed E-state index contributed by atoms with van der Waals surface area (Å²) < 4.78 is 13.1. The molecule has 0 heterocycles. The molecule has 4 aliphatic carbocycles. The average Bonchev–Trinajstić information content (AvgIpc) is 3.34. The molecule has 0 aromatic heterocycles. The van der Waals surface area contributed by atoms with Crippen molar-refractivity contribution in [2.45, 2.75) is 84.8 Å². The summed E-state index contributed by atoms with van der Waals surface area (Å²) in [5.41, 5.74) is 2.17. The molecule has 4 fully saturated rings. The number of esters is 2. The average molecular weight is 569 g/mol. The maximum Gasteiger partial charge on any atom is 0.338 e. The van der Waals surface area contributed by atoms with Gasteiger partial charge in [0.15, 0.2) is 0 Å². The first-order chi connectivity index (χ1) is 20.2. The van der Waals surface area contributed by atoms with Crippen LogP contribution >= 0.6 is 0 Å². The van der Waals surface area contributed by atoms with Gasteiger partial charge in [-0.2, -0.15) is 0 Å². The Bertz CT molecular complexity index is 1370. The van der Waals surface area contributed by atoms with Gasteiger partial charge in [-0.1, -0.05) is 61.9 Å². The number of carbonyl (C=O) groups excluding carboxylic acids is 3. The maximum absolute atomic E-state index is 13.6. The van der Waals surface area contributed by atoms with Crippen molar-refractivity contribution in [2.75, 3.05) is 0 Å². The van der Waals surface area contributed by atoms with Gasteiger partial charge in [0.05, 0.1) is 11.1 Å². The van der Waals surface area contributed by atoms with E-state index in [4.69, 9.17) is 9.47 Å². The van der Waals surface area contributed by atoms with Crippen LogP contribution in [0.1, 0.15) is 93.4 Å². The molecule has 0 bridgehead atoms. The minimum atomic E-state index is -0.359. The van der Waals surface area contributed by atoms with Crippen LogP contribution < -0.4 is 0 Å². The van der Waals surface area contributed by atoms with Gasteiger partial charge in [0.25, 0.3) is 0 Å². The highest BCUT2D eigenvalue weighted by atomic mass is 16.6. The van der Waals surface area contributed by atoms with Gasteiger partial charge >= 0.3 is 11.9 Å². The second-order valence-corrected chi connectivity index (χ2v) is 13.9. The third-order valence-corrected chi connectivity index (χ3v) is 11.9. The molecule has 9 atom stereocenters. The molecule has 222 valence electrons. The van der Waals surface area contributed by atoms with Crippen molar-refractivity contribution in [2.24, 2.45) is 40.4 Å². The fourth-order valence-corrected chi connectivity index (χ4v) is 9.85. The first-order valence-electron chi connectivity index (χ1n) is 15.8. The van der Waals surface area contributed by atoms with Crippen LogP contribution in [0.3, 0.4) is 0 Å². The van der Waals surface area contributed by atoms with Crippen molar-refractivity contribution in [1.29, 1.82) is 0 Å². The van der Waals surface area contributed by atoms with E-state index in [0.29, 0.717) is 23.5 Å². The second kappa shape index (κ2) is 11.1. The van der Waals surface area contributed by atoms with Crippen LogP contribution in [0.25, 0.3) is 0 Å². The minimum absolute atomic E-state index is 0.0164. The van der Waals surface area contributed by atoms with E-state index in [-0.39, 0.29) is 64.4 Å². The lowest BCUT2D eigenvalue weighted by atomic mass is 9.43. The molecule has 5 heteroatoms. The molecule has 0 saturated heterocycles. The summed E-state index contributed by atoms with van der Waals surface area (Å²) in [7, 11) is 0. The van der Waals surface area contributed by atoms with E-state index in [1.807, 2.05) is 48.5 Å². The van der Waals surface area contributed by atoms with Crippen molar-refractivity contribution in [3.05, 3.63) is 83.4 Å². The number of fused-ring (bicyclic) bond motifs is 5. The molecule has 4 aliphatic rings. The largest absolute Gasteiger partial charge is 0.458 e. The molecular weight excluding hydrogens is 524 g/mol. The smallest absolute Gasteiger partial charge is 0.338 e. The molecule has 0 amide bonds. The molecule has 2 aromatic rings. The Balaban J connectivity index is 1.44. The fraction of sp³-hybridized carbons (Fsp3) is 0.541. The zero-order valence-electron chi connectivity index (χ0n) is 25.4. The molecule has 4 saturated carbocycles. The quantitative estimate of drug-likeness (QED) is 0.271. The number of benzene rings is 2. The summed E-state index contributed by atoms with van der Waals surface area (Å²) in [4.78, 5) is 40.2.